The maximum atomic E-state index is 13.9. The van der Waals surface area contributed by atoms with Crippen LogP contribution >= 0.6 is 26.6 Å². The number of carbonyl (C=O) groups is 1. The molecule has 2 atom stereocenters. The van der Waals surface area contributed by atoms with E-state index in [1.165, 1.54) is 0 Å². The normalized spacial score (nSPS) is 14.6. The van der Waals surface area contributed by atoms with Gasteiger partial charge >= 0.3 is 0 Å². The first-order valence-corrected chi connectivity index (χ1v) is 9.42. The molecule has 0 bridgehead atoms. The molecule has 4 nitrogen and oxygen atoms in total. The van der Waals surface area contributed by atoms with Crippen LogP contribution in [0.4, 0.5) is 4.39 Å². The first kappa shape index (κ1) is 18.4. The molecule has 2 unspecified atom stereocenters. The minimum atomic E-state index is -4.08. The number of halogens is 3. The van der Waals surface area contributed by atoms with E-state index in [0.29, 0.717) is 0 Å². The van der Waals surface area contributed by atoms with E-state index in [2.05, 4.69) is 21.2 Å². The molecule has 0 saturated heterocycles. The highest BCUT2D eigenvalue weighted by Gasteiger charge is 2.23. The van der Waals surface area contributed by atoms with Crippen molar-refractivity contribution >= 4 is 41.6 Å². The Morgan fingerprint density at radius 1 is 1.43 bits per heavy atom. The van der Waals surface area contributed by atoms with Crippen molar-refractivity contribution in [1.29, 1.82) is 0 Å². The quantitative estimate of drug-likeness (QED) is 0.767. The van der Waals surface area contributed by atoms with Crippen LogP contribution in [-0.4, -0.2) is 20.4 Å². The van der Waals surface area contributed by atoms with E-state index in [9.17, 15) is 17.6 Å². The molecule has 1 rings (SSSR count). The van der Waals surface area contributed by atoms with E-state index in [1.807, 2.05) is 20.8 Å². The van der Waals surface area contributed by atoms with Gasteiger partial charge in [0.05, 0.1) is 10.5 Å². The molecule has 0 aliphatic heterocycles. The summed E-state index contributed by atoms with van der Waals surface area (Å²) in [6.45, 7) is 5.74. The number of rotatable bonds is 5. The summed E-state index contributed by atoms with van der Waals surface area (Å²) in [4.78, 5) is 11.7. The fourth-order valence-corrected chi connectivity index (χ4v) is 3.84. The van der Waals surface area contributed by atoms with Gasteiger partial charge in [0.1, 0.15) is 5.82 Å². The van der Waals surface area contributed by atoms with Gasteiger partial charge < -0.3 is 5.32 Å². The summed E-state index contributed by atoms with van der Waals surface area (Å²) in [5.74, 6) is -1.28. The lowest BCUT2D eigenvalue weighted by atomic mass is 10.0. The van der Waals surface area contributed by atoms with Crippen LogP contribution in [0.2, 0.25) is 0 Å². The molecule has 0 radical (unpaired) electrons. The fraction of sp³-hybridized carbons (Fsp3) is 0.462. The van der Waals surface area contributed by atoms with E-state index >= 15 is 0 Å². The molecular formula is C13H16BrClFNO3S. The number of carbonyl (C=O) groups excluding carboxylic acids is 1. The average molecular weight is 401 g/mol. The Labute approximate surface area is 136 Å². The molecular weight excluding hydrogens is 385 g/mol. The zero-order chi connectivity index (χ0) is 16.4. The molecule has 1 amide bonds. The van der Waals surface area contributed by atoms with Crippen LogP contribution in [0.15, 0.2) is 21.5 Å². The second kappa shape index (κ2) is 7.07. The van der Waals surface area contributed by atoms with E-state index < -0.39 is 20.8 Å². The molecule has 0 saturated carbocycles. The number of hydrogen-bond acceptors (Lipinski definition) is 3. The molecule has 0 aromatic heterocycles. The summed E-state index contributed by atoms with van der Waals surface area (Å²) < 4.78 is 36.6. The third-order valence-corrected chi connectivity index (χ3v) is 5.67. The number of hydrogen-bond donors (Lipinski definition) is 1. The van der Waals surface area contributed by atoms with Crippen LogP contribution in [0.3, 0.4) is 0 Å². The third-order valence-electron chi connectivity index (χ3n) is 3.39. The van der Waals surface area contributed by atoms with Gasteiger partial charge in [-0.25, -0.2) is 12.8 Å². The second-order valence-corrected chi connectivity index (χ2v) is 8.24. The highest BCUT2D eigenvalue weighted by Crippen LogP contribution is 2.28. The summed E-state index contributed by atoms with van der Waals surface area (Å²) in [6.07, 6.45) is 0.853. The van der Waals surface area contributed by atoms with Crippen molar-refractivity contribution in [3.05, 3.63) is 28.0 Å². The molecule has 0 heterocycles. The summed E-state index contributed by atoms with van der Waals surface area (Å²) >= 11 is 2.92. The standard InChI is InChI=1S/C13H16BrClFNO3S/c1-4-7(2)8(3)17-13(18)9-5-12(21(15,19)20)10(14)6-11(9)16/h5-8H,4H2,1-3H3,(H,17,18). The van der Waals surface area contributed by atoms with Gasteiger partial charge in [0.25, 0.3) is 15.0 Å². The van der Waals surface area contributed by atoms with Crippen molar-refractivity contribution in [2.75, 3.05) is 0 Å². The lowest BCUT2D eigenvalue weighted by molar-refractivity contribution is 0.0923. The molecule has 0 aliphatic rings. The summed E-state index contributed by atoms with van der Waals surface area (Å²) in [6, 6.07) is 1.68. The summed E-state index contributed by atoms with van der Waals surface area (Å²) in [5.41, 5.74) is -0.354. The Morgan fingerprint density at radius 2 is 2.00 bits per heavy atom. The Hall–Kier alpha value is -0.660. The van der Waals surface area contributed by atoms with E-state index in [-0.39, 0.29) is 26.9 Å². The summed E-state index contributed by atoms with van der Waals surface area (Å²) in [7, 11) is 1.18. The molecule has 21 heavy (non-hydrogen) atoms. The predicted molar refractivity (Wildman–Crippen MR) is 83.5 cm³/mol. The van der Waals surface area contributed by atoms with Crippen molar-refractivity contribution in [3.63, 3.8) is 0 Å². The monoisotopic (exact) mass is 399 g/mol. The van der Waals surface area contributed by atoms with Gasteiger partial charge in [0.15, 0.2) is 0 Å². The lowest BCUT2D eigenvalue weighted by Gasteiger charge is -2.20. The van der Waals surface area contributed by atoms with Crippen LogP contribution in [-0.2, 0) is 9.05 Å². The molecule has 118 valence electrons. The minimum absolute atomic E-state index is 0.0264. The molecule has 0 spiro atoms. The zero-order valence-corrected chi connectivity index (χ0v) is 14.9. The first-order valence-electron chi connectivity index (χ1n) is 6.32. The first-order chi connectivity index (χ1) is 9.57. The Balaban J connectivity index is 3.16. The van der Waals surface area contributed by atoms with Crippen LogP contribution in [0.1, 0.15) is 37.6 Å². The van der Waals surface area contributed by atoms with Crippen LogP contribution in [0, 0.1) is 11.7 Å². The maximum Gasteiger partial charge on any atom is 0.262 e. The van der Waals surface area contributed by atoms with Gasteiger partial charge in [-0.15, -0.1) is 0 Å². The SMILES string of the molecule is CCC(C)C(C)NC(=O)c1cc(S(=O)(=O)Cl)c(Br)cc1F. The molecule has 8 heteroatoms. The van der Waals surface area contributed by atoms with E-state index in [4.69, 9.17) is 10.7 Å². The largest absolute Gasteiger partial charge is 0.349 e. The molecule has 0 aliphatic carbocycles. The fourth-order valence-electron chi connectivity index (χ4n) is 1.67. The van der Waals surface area contributed by atoms with Crippen molar-refractivity contribution in [3.8, 4) is 0 Å². The zero-order valence-electron chi connectivity index (χ0n) is 11.8. The van der Waals surface area contributed by atoms with Gasteiger partial charge in [-0.2, -0.15) is 0 Å². The number of benzene rings is 1. The Kier molecular flexibility index (Phi) is 6.19. The summed E-state index contributed by atoms with van der Waals surface area (Å²) in [5, 5.41) is 2.65. The topological polar surface area (TPSA) is 63.2 Å². The molecule has 1 aromatic carbocycles. The smallest absolute Gasteiger partial charge is 0.262 e. The Morgan fingerprint density at radius 3 is 2.48 bits per heavy atom. The third kappa shape index (κ3) is 4.66. The van der Waals surface area contributed by atoms with Gasteiger partial charge in [0, 0.05) is 21.2 Å². The molecule has 1 N–H and O–H groups in total. The van der Waals surface area contributed by atoms with Crippen molar-refractivity contribution in [2.45, 2.75) is 38.1 Å². The van der Waals surface area contributed by atoms with Crippen molar-refractivity contribution < 1.29 is 17.6 Å². The van der Waals surface area contributed by atoms with Crippen molar-refractivity contribution in [1.82, 2.24) is 5.32 Å². The van der Waals surface area contributed by atoms with Gasteiger partial charge in [-0.3, -0.25) is 4.79 Å². The Bertz CT molecular complexity index is 651. The lowest BCUT2D eigenvalue weighted by Crippen LogP contribution is -2.37. The van der Waals surface area contributed by atoms with E-state index in [0.717, 1.165) is 18.6 Å². The van der Waals surface area contributed by atoms with Crippen molar-refractivity contribution in [2.24, 2.45) is 5.92 Å². The van der Waals surface area contributed by atoms with Gasteiger partial charge in [0.2, 0.25) is 0 Å². The predicted octanol–water partition coefficient (Wildman–Crippen LogP) is 3.68. The number of nitrogens with one attached hydrogen (secondary N) is 1. The van der Waals surface area contributed by atoms with Gasteiger partial charge in [-0.05, 0) is 40.9 Å². The molecule has 1 aromatic rings. The molecule has 0 fully saturated rings. The highest BCUT2D eigenvalue weighted by atomic mass is 79.9. The van der Waals surface area contributed by atoms with Crippen LogP contribution in [0.5, 0.6) is 0 Å². The van der Waals surface area contributed by atoms with Gasteiger partial charge in [-0.1, -0.05) is 20.3 Å². The van der Waals surface area contributed by atoms with Crippen LogP contribution < -0.4 is 5.32 Å². The second-order valence-electron chi connectivity index (χ2n) is 4.85. The highest BCUT2D eigenvalue weighted by molar-refractivity contribution is 9.10. The maximum absolute atomic E-state index is 13.9. The number of amides is 1. The van der Waals surface area contributed by atoms with Crippen LogP contribution in [0.25, 0.3) is 0 Å². The van der Waals surface area contributed by atoms with E-state index in [1.54, 1.807) is 0 Å². The average Bonchev–Trinajstić information content (AvgIpc) is 2.35. The minimum Gasteiger partial charge on any atom is -0.349 e.